The van der Waals surface area contributed by atoms with Crippen LogP contribution in [-0.2, 0) is 0 Å². The number of carbonyl (C=O) groups is 1. The molecule has 0 unspecified atom stereocenters. The molecule has 15 heavy (non-hydrogen) atoms. The molecular formula is C10H12N2O2S. The zero-order valence-corrected chi connectivity index (χ0v) is 9.04. The summed E-state index contributed by atoms with van der Waals surface area (Å²) in [5, 5.41) is 17.7. The maximum Gasteiger partial charge on any atom is 0.337 e. The van der Waals surface area contributed by atoms with Crippen molar-refractivity contribution in [2.45, 2.75) is 36.0 Å². The highest BCUT2D eigenvalue weighted by Crippen LogP contribution is 2.33. The summed E-state index contributed by atoms with van der Waals surface area (Å²) in [6.45, 7) is 0. The van der Waals surface area contributed by atoms with Crippen molar-refractivity contribution in [3.8, 4) is 0 Å². The number of aromatic carboxylic acids is 1. The molecule has 1 aliphatic carbocycles. The number of carboxylic acids is 1. The SMILES string of the molecule is O=C(O)c1cnnc(SC2CCCC2)c1. The van der Waals surface area contributed by atoms with E-state index in [-0.39, 0.29) is 5.56 Å². The molecule has 0 radical (unpaired) electrons. The molecule has 0 spiro atoms. The van der Waals surface area contributed by atoms with E-state index >= 15 is 0 Å². The molecule has 1 aliphatic rings. The first-order valence-electron chi connectivity index (χ1n) is 4.98. The molecule has 0 saturated heterocycles. The Hall–Kier alpha value is -1.10. The Balaban J connectivity index is 2.07. The van der Waals surface area contributed by atoms with E-state index in [1.54, 1.807) is 17.8 Å². The average Bonchev–Trinajstić information content (AvgIpc) is 2.71. The summed E-state index contributed by atoms with van der Waals surface area (Å²) in [7, 11) is 0. The topological polar surface area (TPSA) is 63.1 Å². The highest BCUT2D eigenvalue weighted by atomic mass is 32.2. The van der Waals surface area contributed by atoms with Crippen molar-refractivity contribution in [1.29, 1.82) is 0 Å². The van der Waals surface area contributed by atoms with Crippen LogP contribution in [-0.4, -0.2) is 26.5 Å². The Morgan fingerprint density at radius 3 is 2.87 bits per heavy atom. The molecule has 0 atom stereocenters. The van der Waals surface area contributed by atoms with E-state index < -0.39 is 5.97 Å². The fourth-order valence-corrected chi connectivity index (χ4v) is 2.90. The molecule has 1 N–H and O–H groups in total. The molecular weight excluding hydrogens is 212 g/mol. The second kappa shape index (κ2) is 4.61. The Morgan fingerprint density at radius 2 is 2.20 bits per heavy atom. The number of hydrogen-bond donors (Lipinski definition) is 1. The minimum atomic E-state index is -0.946. The van der Waals surface area contributed by atoms with Gasteiger partial charge in [0, 0.05) is 5.25 Å². The summed E-state index contributed by atoms with van der Waals surface area (Å²) in [5.41, 5.74) is 0.213. The zero-order valence-electron chi connectivity index (χ0n) is 8.22. The number of nitrogens with zero attached hydrogens (tertiary/aromatic N) is 2. The molecule has 5 heteroatoms. The largest absolute Gasteiger partial charge is 0.478 e. The molecule has 0 amide bonds. The maximum atomic E-state index is 10.7. The summed E-state index contributed by atoms with van der Waals surface area (Å²) in [4.78, 5) is 10.7. The van der Waals surface area contributed by atoms with E-state index in [4.69, 9.17) is 5.11 Å². The number of rotatable bonds is 3. The first-order valence-corrected chi connectivity index (χ1v) is 5.86. The van der Waals surface area contributed by atoms with Gasteiger partial charge in [-0.2, -0.15) is 5.10 Å². The van der Waals surface area contributed by atoms with Gasteiger partial charge in [-0.3, -0.25) is 0 Å². The van der Waals surface area contributed by atoms with Crippen LogP contribution >= 0.6 is 11.8 Å². The Morgan fingerprint density at radius 1 is 1.47 bits per heavy atom. The molecule has 1 heterocycles. The van der Waals surface area contributed by atoms with Gasteiger partial charge in [0.2, 0.25) is 0 Å². The molecule has 1 saturated carbocycles. The lowest BCUT2D eigenvalue weighted by atomic mass is 10.3. The Bertz CT molecular complexity index is 364. The van der Waals surface area contributed by atoms with Crippen molar-refractivity contribution < 1.29 is 9.90 Å². The lowest BCUT2D eigenvalue weighted by Gasteiger charge is -2.06. The minimum Gasteiger partial charge on any atom is -0.478 e. The van der Waals surface area contributed by atoms with Crippen LogP contribution in [0.15, 0.2) is 17.3 Å². The summed E-state index contributed by atoms with van der Waals surface area (Å²) < 4.78 is 0. The highest BCUT2D eigenvalue weighted by Gasteiger charge is 2.17. The zero-order chi connectivity index (χ0) is 10.7. The maximum absolute atomic E-state index is 10.7. The number of carboxylic acid groups (broad SMARTS) is 1. The third-order valence-corrected chi connectivity index (χ3v) is 3.71. The van der Waals surface area contributed by atoms with Crippen LogP contribution < -0.4 is 0 Å². The van der Waals surface area contributed by atoms with Gasteiger partial charge in [0.05, 0.1) is 11.8 Å². The van der Waals surface area contributed by atoms with Crippen LogP contribution in [0.4, 0.5) is 0 Å². The summed E-state index contributed by atoms with van der Waals surface area (Å²) in [6.07, 6.45) is 6.21. The molecule has 2 rings (SSSR count). The van der Waals surface area contributed by atoms with E-state index in [9.17, 15) is 4.79 Å². The molecule has 0 aliphatic heterocycles. The normalized spacial score (nSPS) is 16.8. The van der Waals surface area contributed by atoms with Crippen LogP contribution in [0.2, 0.25) is 0 Å². The van der Waals surface area contributed by atoms with Gasteiger partial charge in [-0.25, -0.2) is 4.79 Å². The van der Waals surface area contributed by atoms with E-state index in [0.29, 0.717) is 5.25 Å². The summed E-state index contributed by atoms with van der Waals surface area (Å²) in [6, 6.07) is 1.60. The van der Waals surface area contributed by atoms with E-state index in [0.717, 1.165) is 5.03 Å². The third kappa shape index (κ3) is 2.68. The fraction of sp³-hybridized carbons (Fsp3) is 0.500. The molecule has 0 bridgehead atoms. The van der Waals surface area contributed by atoms with E-state index in [2.05, 4.69) is 10.2 Å². The highest BCUT2D eigenvalue weighted by molar-refractivity contribution is 7.99. The predicted octanol–water partition coefficient (Wildman–Crippen LogP) is 2.21. The van der Waals surface area contributed by atoms with Crippen LogP contribution in [0.1, 0.15) is 36.0 Å². The van der Waals surface area contributed by atoms with Gasteiger partial charge in [-0.05, 0) is 18.9 Å². The fourth-order valence-electron chi connectivity index (χ4n) is 1.70. The quantitative estimate of drug-likeness (QED) is 0.852. The van der Waals surface area contributed by atoms with Gasteiger partial charge in [-0.15, -0.1) is 16.9 Å². The van der Waals surface area contributed by atoms with Crippen molar-refractivity contribution in [3.05, 3.63) is 17.8 Å². The number of aromatic nitrogens is 2. The van der Waals surface area contributed by atoms with Gasteiger partial charge in [0.1, 0.15) is 5.03 Å². The van der Waals surface area contributed by atoms with Crippen LogP contribution in [0.25, 0.3) is 0 Å². The van der Waals surface area contributed by atoms with Crippen LogP contribution in [0, 0.1) is 0 Å². The minimum absolute atomic E-state index is 0.213. The van der Waals surface area contributed by atoms with Crippen LogP contribution in [0.3, 0.4) is 0 Å². The van der Waals surface area contributed by atoms with Gasteiger partial charge >= 0.3 is 5.97 Å². The van der Waals surface area contributed by atoms with Crippen molar-refractivity contribution in [3.63, 3.8) is 0 Å². The van der Waals surface area contributed by atoms with Gasteiger partial charge in [0.25, 0.3) is 0 Å². The smallest absolute Gasteiger partial charge is 0.337 e. The first-order chi connectivity index (χ1) is 7.25. The Kier molecular flexibility index (Phi) is 3.20. The van der Waals surface area contributed by atoms with Gasteiger partial charge in [-0.1, -0.05) is 12.8 Å². The summed E-state index contributed by atoms with van der Waals surface area (Å²) in [5.74, 6) is -0.946. The van der Waals surface area contributed by atoms with Crippen molar-refractivity contribution in [2.24, 2.45) is 0 Å². The van der Waals surface area contributed by atoms with E-state index in [1.807, 2.05) is 0 Å². The van der Waals surface area contributed by atoms with Crippen molar-refractivity contribution in [2.75, 3.05) is 0 Å². The van der Waals surface area contributed by atoms with Crippen LogP contribution in [0.5, 0.6) is 0 Å². The lowest BCUT2D eigenvalue weighted by molar-refractivity contribution is 0.0696. The number of thioether (sulfide) groups is 1. The molecule has 4 nitrogen and oxygen atoms in total. The average molecular weight is 224 g/mol. The number of hydrogen-bond acceptors (Lipinski definition) is 4. The molecule has 1 fully saturated rings. The lowest BCUT2D eigenvalue weighted by Crippen LogP contribution is -2.01. The van der Waals surface area contributed by atoms with Crippen molar-refractivity contribution >= 4 is 17.7 Å². The molecule has 1 aromatic rings. The Labute approximate surface area is 92.1 Å². The second-order valence-corrected chi connectivity index (χ2v) is 4.93. The summed E-state index contributed by atoms with van der Waals surface area (Å²) >= 11 is 1.65. The van der Waals surface area contributed by atoms with Gasteiger partial charge < -0.3 is 5.11 Å². The standard InChI is InChI=1S/C10H12N2O2S/c13-10(14)7-5-9(12-11-6-7)15-8-3-1-2-4-8/h5-6,8H,1-4H2,(H,13,14). The predicted molar refractivity (Wildman–Crippen MR) is 57.1 cm³/mol. The molecule has 0 aromatic carbocycles. The van der Waals surface area contributed by atoms with Gasteiger partial charge in [0.15, 0.2) is 0 Å². The first kappa shape index (κ1) is 10.4. The monoisotopic (exact) mass is 224 g/mol. The third-order valence-electron chi connectivity index (χ3n) is 2.47. The molecule has 1 aromatic heterocycles. The van der Waals surface area contributed by atoms with Crippen molar-refractivity contribution in [1.82, 2.24) is 10.2 Å². The second-order valence-electron chi connectivity index (χ2n) is 3.61. The van der Waals surface area contributed by atoms with E-state index in [1.165, 1.54) is 31.9 Å². The molecule has 80 valence electrons.